The second kappa shape index (κ2) is 4.24. The first kappa shape index (κ1) is 8.41. The zero-order valence-electron chi connectivity index (χ0n) is 6.71. The highest BCUT2D eigenvalue weighted by Crippen LogP contribution is 2.18. The third kappa shape index (κ3) is 1.89. The van der Waals surface area contributed by atoms with Gasteiger partial charge in [-0.15, -0.1) is 0 Å². The van der Waals surface area contributed by atoms with Crippen LogP contribution in [-0.2, 0) is 0 Å². The maximum absolute atomic E-state index is 4.23. The van der Waals surface area contributed by atoms with Crippen molar-refractivity contribution >= 4 is 12.6 Å². The standard InChI is InChI=1S/C8H17NS/c1-2-8-4-3-5-9(8)6-7-10/h8,10H,2-7H2,1H3. The van der Waals surface area contributed by atoms with Crippen LogP contribution in [0.3, 0.4) is 0 Å². The van der Waals surface area contributed by atoms with E-state index < -0.39 is 0 Å². The summed E-state index contributed by atoms with van der Waals surface area (Å²) in [5.74, 6) is 1.01. The number of thiol groups is 1. The van der Waals surface area contributed by atoms with Crippen molar-refractivity contribution in [2.45, 2.75) is 32.2 Å². The molecule has 0 aromatic heterocycles. The Morgan fingerprint density at radius 2 is 2.40 bits per heavy atom. The fourth-order valence-corrected chi connectivity index (χ4v) is 2.04. The predicted octanol–water partition coefficient (Wildman–Crippen LogP) is 1.79. The zero-order valence-corrected chi connectivity index (χ0v) is 7.61. The van der Waals surface area contributed by atoms with Gasteiger partial charge in [-0.3, -0.25) is 4.90 Å². The van der Waals surface area contributed by atoms with Crippen LogP contribution >= 0.6 is 12.6 Å². The summed E-state index contributed by atoms with van der Waals surface area (Å²) >= 11 is 4.23. The minimum atomic E-state index is 0.868. The van der Waals surface area contributed by atoms with Crippen molar-refractivity contribution in [1.82, 2.24) is 4.90 Å². The van der Waals surface area contributed by atoms with Gasteiger partial charge in [-0.25, -0.2) is 0 Å². The minimum absolute atomic E-state index is 0.868. The van der Waals surface area contributed by atoms with Crippen LogP contribution < -0.4 is 0 Å². The smallest absolute Gasteiger partial charge is 0.00934 e. The van der Waals surface area contributed by atoms with Crippen LogP contribution in [0.25, 0.3) is 0 Å². The Bertz CT molecular complexity index is 95.3. The third-order valence-corrected chi connectivity index (χ3v) is 2.56. The van der Waals surface area contributed by atoms with Crippen LogP contribution in [-0.4, -0.2) is 29.8 Å². The van der Waals surface area contributed by atoms with E-state index in [2.05, 4.69) is 24.5 Å². The normalized spacial score (nSPS) is 27.6. The fraction of sp³-hybridized carbons (Fsp3) is 1.00. The molecule has 1 rings (SSSR count). The summed E-state index contributed by atoms with van der Waals surface area (Å²) in [4.78, 5) is 2.56. The van der Waals surface area contributed by atoms with E-state index in [1.165, 1.54) is 32.4 Å². The number of hydrogen-bond donors (Lipinski definition) is 1. The Kier molecular flexibility index (Phi) is 3.57. The summed E-state index contributed by atoms with van der Waals surface area (Å²) in [6, 6.07) is 0.868. The van der Waals surface area contributed by atoms with E-state index in [1.54, 1.807) is 0 Å². The van der Waals surface area contributed by atoms with Gasteiger partial charge in [0.05, 0.1) is 0 Å². The Morgan fingerprint density at radius 3 is 3.00 bits per heavy atom. The molecule has 0 radical (unpaired) electrons. The fourth-order valence-electron chi connectivity index (χ4n) is 1.78. The Hall–Kier alpha value is 0.310. The van der Waals surface area contributed by atoms with Crippen molar-refractivity contribution in [1.29, 1.82) is 0 Å². The van der Waals surface area contributed by atoms with E-state index in [9.17, 15) is 0 Å². The quantitative estimate of drug-likeness (QED) is 0.614. The van der Waals surface area contributed by atoms with Gasteiger partial charge in [-0.05, 0) is 25.8 Å². The van der Waals surface area contributed by atoms with Crippen LogP contribution in [0.4, 0.5) is 0 Å². The lowest BCUT2D eigenvalue weighted by atomic mass is 10.2. The van der Waals surface area contributed by atoms with E-state index in [1.807, 2.05) is 0 Å². The average molecular weight is 159 g/mol. The molecule has 1 aliphatic rings. The van der Waals surface area contributed by atoms with Gasteiger partial charge in [-0.2, -0.15) is 12.6 Å². The number of hydrogen-bond acceptors (Lipinski definition) is 2. The molecule has 1 unspecified atom stereocenters. The SMILES string of the molecule is CCC1CCCN1CCS. The topological polar surface area (TPSA) is 3.24 Å². The van der Waals surface area contributed by atoms with E-state index in [0.29, 0.717) is 0 Å². The number of likely N-dealkylation sites (tertiary alicyclic amines) is 1. The Labute approximate surface area is 69.2 Å². The van der Waals surface area contributed by atoms with Crippen LogP contribution in [0.2, 0.25) is 0 Å². The molecule has 1 heterocycles. The molecule has 0 amide bonds. The number of rotatable bonds is 3. The molecule has 60 valence electrons. The summed E-state index contributed by atoms with van der Waals surface area (Å²) < 4.78 is 0. The molecule has 1 atom stereocenters. The van der Waals surface area contributed by atoms with Crippen molar-refractivity contribution in [2.75, 3.05) is 18.8 Å². The molecule has 1 aliphatic heterocycles. The second-order valence-corrected chi connectivity index (χ2v) is 3.41. The Balaban J connectivity index is 2.27. The van der Waals surface area contributed by atoms with Crippen molar-refractivity contribution < 1.29 is 0 Å². The van der Waals surface area contributed by atoms with E-state index >= 15 is 0 Å². The predicted molar refractivity (Wildman–Crippen MR) is 48.7 cm³/mol. The van der Waals surface area contributed by atoms with Crippen molar-refractivity contribution in [3.8, 4) is 0 Å². The second-order valence-electron chi connectivity index (χ2n) is 2.96. The lowest BCUT2D eigenvalue weighted by Crippen LogP contribution is -2.30. The first-order valence-corrected chi connectivity index (χ1v) is 4.86. The zero-order chi connectivity index (χ0) is 7.40. The molecule has 0 aromatic carbocycles. The van der Waals surface area contributed by atoms with Gasteiger partial charge < -0.3 is 0 Å². The van der Waals surface area contributed by atoms with Gasteiger partial charge in [-0.1, -0.05) is 6.92 Å². The molecular weight excluding hydrogens is 142 g/mol. The molecule has 0 bridgehead atoms. The molecule has 0 saturated carbocycles. The first-order chi connectivity index (χ1) is 4.88. The Morgan fingerprint density at radius 1 is 1.60 bits per heavy atom. The monoisotopic (exact) mass is 159 g/mol. The highest BCUT2D eigenvalue weighted by Gasteiger charge is 2.21. The van der Waals surface area contributed by atoms with Crippen LogP contribution in [0, 0.1) is 0 Å². The minimum Gasteiger partial charge on any atom is -0.300 e. The van der Waals surface area contributed by atoms with Gasteiger partial charge in [0, 0.05) is 18.3 Å². The third-order valence-electron chi connectivity index (χ3n) is 2.36. The molecule has 0 aromatic rings. The highest BCUT2D eigenvalue weighted by molar-refractivity contribution is 7.80. The van der Waals surface area contributed by atoms with Gasteiger partial charge in [0.2, 0.25) is 0 Å². The molecule has 0 N–H and O–H groups in total. The summed E-state index contributed by atoms with van der Waals surface area (Å²) in [6.45, 7) is 4.77. The van der Waals surface area contributed by atoms with Crippen LogP contribution in [0.1, 0.15) is 26.2 Å². The lowest BCUT2D eigenvalue weighted by molar-refractivity contribution is 0.264. The largest absolute Gasteiger partial charge is 0.300 e. The average Bonchev–Trinajstić information content (AvgIpc) is 2.36. The molecule has 1 saturated heterocycles. The van der Waals surface area contributed by atoms with E-state index in [0.717, 1.165) is 11.8 Å². The number of nitrogens with zero attached hydrogens (tertiary/aromatic N) is 1. The summed E-state index contributed by atoms with van der Waals surface area (Å²) in [6.07, 6.45) is 4.12. The lowest BCUT2D eigenvalue weighted by Gasteiger charge is -2.21. The van der Waals surface area contributed by atoms with Gasteiger partial charge in [0.15, 0.2) is 0 Å². The molecule has 1 fully saturated rings. The molecule has 0 spiro atoms. The first-order valence-electron chi connectivity index (χ1n) is 4.23. The van der Waals surface area contributed by atoms with Crippen LogP contribution in [0.15, 0.2) is 0 Å². The van der Waals surface area contributed by atoms with Crippen molar-refractivity contribution in [3.05, 3.63) is 0 Å². The maximum Gasteiger partial charge on any atom is 0.00934 e. The summed E-state index contributed by atoms with van der Waals surface area (Å²) in [5.41, 5.74) is 0. The van der Waals surface area contributed by atoms with Crippen molar-refractivity contribution in [2.24, 2.45) is 0 Å². The van der Waals surface area contributed by atoms with E-state index in [-0.39, 0.29) is 0 Å². The molecule has 1 nitrogen and oxygen atoms in total. The molecule has 0 aliphatic carbocycles. The van der Waals surface area contributed by atoms with Crippen LogP contribution in [0.5, 0.6) is 0 Å². The molecule has 2 heteroatoms. The van der Waals surface area contributed by atoms with Gasteiger partial charge in [0.25, 0.3) is 0 Å². The van der Waals surface area contributed by atoms with Crippen molar-refractivity contribution in [3.63, 3.8) is 0 Å². The van der Waals surface area contributed by atoms with Gasteiger partial charge >= 0.3 is 0 Å². The maximum atomic E-state index is 4.23. The van der Waals surface area contributed by atoms with Gasteiger partial charge in [0.1, 0.15) is 0 Å². The molecular formula is C8H17NS. The van der Waals surface area contributed by atoms with E-state index in [4.69, 9.17) is 0 Å². The summed E-state index contributed by atoms with van der Waals surface area (Å²) in [5, 5.41) is 0. The summed E-state index contributed by atoms with van der Waals surface area (Å²) in [7, 11) is 0. The highest BCUT2D eigenvalue weighted by atomic mass is 32.1. The molecule has 10 heavy (non-hydrogen) atoms.